The van der Waals surface area contributed by atoms with Gasteiger partial charge in [-0.05, 0) is 23.0 Å². The van der Waals surface area contributed by atoms with Crippen molar-refractivity contribution in [2.24, 2.45) is 0 Å². The van der Waals surface area contributed by atoms with Gasteiger partial charge in [0.2, 0.25) is 0 Å². The summed E-state index contributed by atoms with van der Waals surface area (Å²) in [4.78, 5) is 0. The summed E-state index contributed by atoms with van der Waals surface area (Å²) in [5, 5.41) is 0. The molecule has 0 aliphatic carbocycles. The van der Waals surface area contributed by atoms with Crippen molar-refractivity contribution in [3.05, 3.63) is 29.3 Å². The van der Waals surface area contributed by atoms with Gasteiger partial charge in [-0.3, -0.25) is 4.31 Å². The molecule has 1 aliphatic heterocycles. The van der Waals surface area contributed by atoms with Gasteiger partial charge in [0, 0.05) is 13.6 Å². The number of benzene rings is 1. The first-order chi connectivity index (χ1) is 8.27. The second-order valence-corrected chi connectivity index (χ2v) is 7.39. The standard InChI is InChI=1S/C13H20N2O2S/c1-13(2,3)11-7-5-6-10-8-9-15(12(10)11)18(16,17)14-4/h5-7,14H,8-9H2,1-4H3. The summed E-state index contributed by atoms with van der Waals surface area (Å²) in [5.41, 5.74) is 2.98. The van der Waals surface area contributed by atoms with Gasteiger partial charge in [-0.2, -0.15) is 8.42 Å². The molecule has 2 rings (SSSR count). The third-order valence-corrected chi connectivity index (χ3v) is 4.77. The number of anilines is 1. The first kappa shape index (κ1) is 13.4. The van der Waals surface area contributed by atoms with E-state index in [-0.39, 0.29) is 5.41 Å². The predicted octanol–water partition coefficient (Wildman–Crippen LogP) is 1.81. The third-order valence-electron chi connectivity index (χ3n) is 3.31. The molecule has 0 spiro atoms. The molecular formula is C13H20N2O2S. The van der Waals surface area contributed by atoms with Crippen LogP contribution in [0.2, 0.25) is 0 Å². The number of nitrogens with one attached hydrogen (secondary N) is 1. The molecule has 1 aromatic carbocycles. The lowest BCUT2D eigenvalue weighted by atomic mass is 9.85. The lowest BCUT2D eigenvalue weighted by molar-refractivity contribution is 0.579. The maximum atomic E-state index is 12.1. The summed E-state index contributed by atoms with van der Waals surface area (Å²) in [6.07, 6.45) is 0.778. The molecule has 0 fully saturated rings. The fraction of sp³-hybridized carbons (Fsp3) is 0.538. The molecule has 1 heterocycles. The Bertz CT molecular complexity index is 559. The summed E-state index contributed by atoms with van der Waals surface area (Å²) < 4.78 is 28.0. The normalized spacial score (nSPS) is 15.9. The molecule has 0 radical (unpaired) electrons. The van der Waals surface area contributed by atoms with Gasteiger partial charge in [0.1, 0.15) is 0 Å². The molecule has 0 bridgehead atoms. The Labute approximate surface area is 109 Å². The number of para-hydroxylation sites is 1. The van der Waals surface area contributed by atoms with E-state index < -0.39 is 10.2 Å². The summed E-state index contributed by atoms with van der Waals surface area (Å²) in [6.45, 7) is 6.83. The number of rotatable bonds is 2. The summed E-state index contributed by atoms with van der Waals surface area (Å²) in [5.74, 6) is 0. The number of hydrogen-bond donors (Lipinski definition) is 1. The van der Waals surface area contributed by atoms with Crippen LogP contribution in [0.1, 0.15) is 31.9 Å². The highest BCUT2D eigenvalue weighted by Crippen LogP contribution is 2.39. The number of nitrogens with zero attached hydrogens (tertiary/aromatic N) is 1. The zero-order valence-electron chi connectivity index (χ0n) is 11.3. The second kappa shape index (κ2) is 4.24. The molecule has 4 nitrogen and oxygen atoms in total. The zero-order valence-corrected chi connectivity index (χ0v) is 12.1. The molecule has 0 aromatic heterocycles. The fourth-order valence-corrected chi connectivity index (χ4v) is 3.39. The van der Waals surface area contributed by atoms with Crippen molar-refractivity contribution < 1.29 is 8.42 Å². The summed E-state index contributed by atoms with van der Waals surface area (Å²) in [6, 6.07) is 6.03. The topological polar surface area (TPSA) is 49.4 Å². The van der Waals surface area contributed by atoms with Crippen molar-refractivity contribution >= 4 is 15.9 Å². The molecule has 1 N–H and O–H groups in total. The minimum absolute atomic E-state index is 0.0722. The van der Waals surface area contributed by atoms with E-state index in [0.29, 0.717) is 6.54 Å². The fourth-order valence-electron chi connectivity index (χ4n) is 2.38. The molecule has 0 saturated heterocycles. The Morgan fingerprint density at radius 2 is 1.94 bits per heavy atom. The lowest BCUT2D eigenvalue weighted by Crippen LogP contribution is -2.38. The van der Waals surface area contributed by atoms with E-state index in [1.54, 1.807) is 0 Å². The van der Waals surface area contributed by atoms with Crippen molar-refractivity contribution in [3.8, 4) is 0 Å². The van der Waals surface area contributed by atoms with Crippen LogP contribution in [-0.2, 0) is 22.0 Å². The molecule has 0 saturated carbocycles. The van der Waals surface area contributed by atoms with Crippen LogP contribution < -0.4 is 9.03 Å². The van der Waals surface area contributed by atoms with Crippen molar-refractivity contribution in [1.29, 1.82) is 0 Å². The number of fused-ring (bicyclic) bond motifs is 1. The van der Waals surface area contributed by atoms with Gasteiger partial charge in [-0.25, -0.2) is 4.72 Å². The largest absolute Gasteiger partial charge is 0.301 e. The smallest absolute Gasteiger partial charge is 0.257 e. The van der Waals surface area contributed by atoms with E-state index in [4.69, 9.17) is 0 Å². The van der Waals surface area contributed by atoms with E-state index in [2.05, 4.69) is 25.5 Å². The molecule has 18 heavy (non-hydrogen) atoms. The van der Waals surface area contributed by atoms with E-state index in [1.807, 2.05) is 18.2 Å². The SMILES string of the molecule is CNS(=O)(=O)N1CCc2cccc(C(C)(C)C)c21. The monoisotopic (exact) mass is 268 g/mol. The third kappa shape index (κ3) is 2.12. The molecular weight excluding hydrogens is 248 g/mol. The highest BCUT2D eigenvalue weighted by atomic mass is 32.2. The average molecular weight is 268 g/mol. The Kier molecular flexibility index (Phi) is 3.15. The molecule has 1 aliphatic rings. The molecule has 0 atom stereocenters. The lowest BCUT2D eigenvalue weighted by Gasteiger charge is -2.27. The van der Waals surface area contributed by atoms with Crippen LogP contribution in [0.4, 0.5) is 5.69 Å². The maximum absolute atomic E-state index is 12.1. The quantitative estimate of drug-likeness (QED) is 0.889. The van der Waals surface area contributed by atoms with E-state index >= 15 is 0 Å². The van der Waals surface area contributed by atoms with Crippen molar-refractivity contribution in [2.75, 3.05) is 17.9 Å². The average Bonchev–Trinajstić information content (AvgIpc) is 2.71. The Balaban J connectivity index is 2.62. The summed E-state index contributed by atoms with van der Waals surface area (Å²) in [7, 11) is -1.96. The highest BCUT2D eigenvalue weighted by Gasteiger charge is 2.33. The molecule has 0 unspecified atom stereocenters. The Morgan fingerprint density at radius 1 is 1.28 bits per heavy atom. The van der Waals surface area contributed by atoms with Gasteiger partial charge in [0.05, 0.1) is 5.69 Å². The van der Waals surface area contributed by atoms with Gasteiger partial charge >= 0.3 is 10.2 Å². The van der Waals surface area contributed by atoms with Crippen molar-refractivity contribution in [3.63, 3.8) is 0 Å². The molecule has 0 amide bonds. The minimum atomic E-state index is -3.41. The maximum Gasteiger partial charge on any atom is 0.301 e. The van der Waals surface area contributed by atoms with Crippen LogP contribution in [0.25, 0.3) is 0 Å². The van der Waals surface area contributed by atoms with Crippen LogP contribution in [0.15, 0.2) is 18.2 Å². The second-order valence-electron chi connectivity index (χ2n) is 5.59. The molecule has 5 heteroatoms. The van der Waals surface area contributed by atoms with Gasteiger partial charge in [0.15, 0.2) is 0 Å². The zero-order chi connectivity index (χ0) is 13.6. The van der Waals surface area contributed by atoms with Crippen LogP contribution in [0, 0.1) is 0 Å². The van der Waals surface area contributed by atoms with Crippen LogP contribution in [-0.4, -0.2) is 22.0 Å². The minimum Gasteiger partial charge on any atom is -0.257 e. The van der Waals surface area contributed by atoms with Gasteiger partial charge in [-0.15, -0.1) is 0 Å². The summed E-state index contributed by atoms with van der Waals surface area (Å²) >= 11 is 0. The highest BCUT2D eigenvalue weighted by molar-refractivity contribution is 7.90. The Morgan fingerprint density at radius 3 is 2.50 bits per heavy atom. The van der Waals surface area contributed by atoms with Gasteiger partial charge in [0.25, 0.3) is 0 Å². The molecule has 100 valence electrons. The molecule has 1 aromatic rings. The Hall–Kier alpha value is -1.07. The van der Waals surface area contributed by atoms with E-state index in [1.165, 1.54) is 11.4 Å². The van der Waals surface area contributed by atoms with Crippen LogP contribution in [0.3, 0.4) is 0 Å². The number of hydrogen-bond acceptors (Lipinski definition) is 2. The van der Waals surface area contributed by atoms with Crippen molar-refractivity contribution in [1.82, 2.24) is 4.72 Å². The van der Waals surface area contributed by atoms with Gasteiger partial charge < -0.3 is 0 Å². The predicted molar refractivity (Wildman–Crippen MR) is 74.2 cm³/mol. The first-order valence-corrected chi connectivity index (χ1v) is 7.55. The van der Waals surface area contributed by atoms with Gasteiger partial charge in [-0.1, -0.05) is 39.0 Å². The van der Waals surface area contributed by atoms with Crippen molar-refractivity contribution in [2.45, 2.75) is 32.6 Å². The van der Waals surface area contributed by atoms with Crippen LogP contribution >= 0.6 is 0 Å². The van der Waals surface area contributed by atoms with E-state index in [0.717, 1.165) is 23.2 Å². The first-order valence-electron chi connectivity index (χ1n) is 6.11. The van der Waals surface area contributed by atoms with E-state index in [9.17, 15) is 8.42 Å². The van der Waals surface area contributed by atoms with Crippen LogP contribution in [0.5, 0.6) is 0 Å².